The molecular weight excluding hydrogens is 812 g/mol. The Hall–Kier alpha value is -4.97. The number of rotatable bonds is 17. The topological polar surface area (TPSA) is 347 Å². The predicted molar refractivity (Wildman–Crippen MR) is 196 cm³/mol. The highest BCUT2D eigenvalue weighted by atomic mass is 31.2. The van der Waals surface area contributed by atoms with Crippen LogP contribution in [-0.4, -0.2) is 104 Å². The minimum absolute atomic E-state index is 0.00494. The van der Waals surface area contributed by atoms with Crippen LogP contribution in [0.15, 0.2) is 72.7 Å². The fraction of sp³-hybridized carbons (Fsp3) is 0.406. The molecule has 5 heterocycles. The number of allylic oxidation sites excluding steroid dienone is 1. The summed E-state index contributed by atoms with van der Waals surface area (Å²) in [5, 5.41) is 14.3. The van der Waals surface area contributed by atoms with Crippen molar-refractivity contribution in [2.75, 3.05) is 24.7 Å². The van der Waals surface area contributed by atoms with Crippen molar-refractivity contribution in [2.45, 2.75) is 68.3 Å². The molecule has 0 saturated carbocycles. The van der Waals surface area contributed by atoms with Crippen molar-refractivity contribution in [1.29, 1.82) is 0 Å². The molecule has 2 saturated heterocycles. The third-order valence-corrected chi connectivity index (χ3v) is 10.4. The highest BCUT2D eigenvalue weighted by Crippen LogP contribution is 2.50. The Kier molecular flexibility index (Phi) is 13.1. The number of aliphatic hydroxyl groups excluding tert-OH is 1. The van der Waals surface area contributed by atoms with Crippen LogP contribution in [0.25, 0.3) is 11.2 Å². The third kappa shape index (κ3) is 10.2. The van der Waals surface area contributed by atoms with Gasteiger partial charge in [0.25, 0.3) is 0 Å². The van der Waals surface area contributed by atoms with Crippen molar-refractivity contribution < 1.29 is 66.3 Å². The number of phosphoric acid groups is 2. The Morgan fingerprint density at radius 3 is 2.48 bits per heavy atom. The average molecular weight is 852 g/mol. The van der Waals surface area contributed by atoms with Crippen LogP contribution in [0.3, 0.4) is 0 Å². The summed E-state index contributed by atoms with van der Waals surface area (Å²) in [5.41, 5.74) is 11.2. The van der Waals surface area contributed by atoms with Gasteiger partial charge in [-0.2, -0.15) is 4.98 Å². The van der Waals surface area contributed by atoms with Crippen molar-refractivity contribution in [3.63, 3.8) is 0 Å². The average Bonchev–Trinajstić information content (AvgIpc) is 3.86. The normalized spacial score (nSPS) is 24.9. The predicted octanol–water partition coefficient (Wildman–Crippen LogP) is 0.140. The molecule has 24 nitrogen and oxygen atoms in total. The van der Waals surface area contributed by atoms with Gasteiger partial charge < -0.3 is 50.8 Å². The number of nitrogens with two attached hydrogens (primary N) is 2. The SMILES string of the molecule is C=CCCC(=O)N[C@H](C(=O)O[C@H]1[C@@H](O)[C@H](n2cnc3c(N)ncnc32)O[C@@H]1COP(=O)(O)O[C@H]1CC(n2ccc(N)nc2=O)O[C@@H]1COP(=O)(O)O)c1ccccc1. The zero-order chi connectivity index (χ0) is 41.8. The van der Waals surface area contributed by atoms with Crippen molar-refractivity contribution in [2.24, 2.45) is 0 Å². The molecule has 0 bridgehead atoms. The Bertz CT molecular complexity index is 2280. The largest absolute Gasteiger partial charge is 0.472 e. The zero-order valence-corrected chi connectivity index (χ0v) is 31.9. The first kappa shape index (κ1) is 42.6. The zero-order valence-electron chi connectivity index (χ0n) is 30.1. The van der Waals surface area contributed by atoms with Gasteiger partial charge in [-0.15, -0.1) is 6.58 Å². The molecule has 1 aromatic carbocycles. The molecule has 2 fully saturated rings. The van der Waals surface area contributed by atoms with Gasteiger partial charge in [0, 0.05) is 19.0 Å². The molecule has 58 heavy (non-hydrogen) atoms. The Morgan fingerprint density at radius 1 is 1.03 bits per heavy atom. The summed E-state index contributed by atoms with van der Waals surface area (Å²) in [5.74, 6) is -1.63. The van der Waals surface area contributed by atoms with E-state index in [1.165, 1.54) is 29.2 Å². The molecule has 26 heteroatoms. The van der Waals surface area contributed by atoms with Crippen molar-refractivity contribution in [3.8, 4) is 0 Å². The summed E-state index contributed by atoms with van der Waals surface area (Å²) in [4.78, 5) is 84.4. The summed E-state index contributed by atoms with van der Waals surface area (Å²) < 4.78 is 60.0. The van der Waals surface area contributed by atoms with E-state index in [0.717, 1.165) is 10.9 Å². The number of nitrogens with one attached hydrogen (secondary N) is 1. The lowest BCUT2D eigenvalue weighted by atomic mass is 10.1. The lowest BCUT2D eigenvalue weighted by Gasteiger charge is -2.25. The van der Waals surface area contributed by atoms with E-state index in [-0.39, 0.29) is 35.6 Å². The van der Waals surface area contributed by atoms with E-state index in [1.807, 2.05) is 0 Å². The molecule has 1 amide bonds. The fourth-order valence-electron chi connectivity index (χ4n) is 6.19. The number of aliphatic hydroxyl groups is 1. The van der Waals surface area contributed by atoms with E-state index in [0.29, 0.717) is 12.0 Å². The third-order valence-electron chi connectivity index (χ3n) is 8.89. The monoisotopic (exact) mass is 851 g/mol. The summed E-state index contributed by atoms with van der Waals surface area (Å²) in [6.45, 7) is 1.87. The first-order valence-corrected chi connectivity index (χ1v) is 20.3. The second-order valence-electron chi connectivity index (χ2n) is 12.9. The molecule has 6 rings (SSSR count). The van der Waals surface area contributed by atoms with Crippen LogP contribution in [0.2, 0.25) is 0 Å². The van der Waals surface area contributed by atoms with Crippen LogP contribution in [-0.2, 0) is 46.5 Å². The lowest BCUT2D eigenvalue weighted by molar-refractivity contribution is -0.160. The Morgan fingerprint density at radius 2 is 1.78 bits per heavy atom. The number of fused-ring (bicyclic) bond motifs is 1. The van der Waals surface area contributed by atoms with Crippen LogP contribution < -0.4 is 22.5 Å². The quantitative estimate of drug-likeness (QED) is 0.0422. The number of hydrogen-bond acceptors (Lipinski definition) is 18. The molecule has 3 aromatic heterocycles. The number of aromatic nitrogens is 6. The number of carbonyl (C=O) groups excluding carboxylic acids is 2. The minimum atomic E-state index is -5.21. The number of phosphoric ester groups is 2. The van der Waals surface area contributed by atoms with Crippen molar-refractivity contribution in [3.05, 3.63) is 84.0 Å². The van der Waals surface area contributed by atoms with Crippen molar-refractivity contribution in [1.82, 2.24) is 34.4 Å². The number of nitrogen functional groups attached to an aromatic ring is 2. The van der Waals surface area contributed by atoms with Gasteiger partial charge in [-0.1, -0.05) is 36.4 Å². The Balaban J connectivity index is 1.24. The van der Waals surface area contributed by atoms with E-state index >= 15 is 0 Å². The molecule has 2 aliphatic rings. The first-order valence-electron chi connectivity index (χ1n) is 17.3. The molecule has 0 spiro atoms. The van der Waals surface area contributed by atoms with Gasteiger partial charge in [-0.25, -0.2) is 33.7 Å². The van der Waals surface area contributed by atoms with Gasteiger partial charge >= 0.3 is 27.3 Å². The number of amides is 1. The molecule has 0 aliphatic carbocycles. The highest BCUT2D eigenvalue weighted by Gasteiger charge is 2.50. The molecule has 0 radical (unpaired) electrons. The number of ether oxygens (including phenoxy) is 3. The van der Waals surface area contributed by atoms with E-state index in [2.05, 4.69) is 36.4 Å². The summed E-state index contributed by atoms with van der Waals surface area (Å²) in [7, 11) is -10.3. The maximum atomic E-state index is 13.9. The van der Waals surface area contributed by atoms with Gasteiger partial charge in [0.15, 0.2) is 29.8 Å². The number of esters is 1. The summed E-state index contributed by atoms with van der Waals surface area (Å²) in [6.07, 6.45) is -5.30. The van der Waals surface area contributed by atoms with Crippen LogP contribution >= 0.6 is 15.6 Å². The number of anilines is 2. The molecule has 312 valence electrons. The number of benzene rings is 1. The molecule has 2 aliphatic heterocycles. The minimum Gasteiger partial charge on any atom is -0.455 e. The second kappa shape index (κ2) is 17.9. The Labute approximate surface area is 327 Å². The van der Waals surface area contributed by atoms with Gasteiger partial charge in [-0.05, 0) is 18.1 Å². The van der Waals surface area contributed by atoms with Gasteiger partial charge in [0.1, 0.15) is 48.3 Å². The second-order valence-corrected chi connectivity index (χ2v) is 15.5. The van der Waals surface area contributed by atoms with E-state index in [9.17, 15) is 43.3 Å². The number of carbonyl (C=O) groups is 2. The van der Waals surface area contributed by atoms with Gasteiger partial charge in [-0.3, -0.25) is 27.5 Å². The molecule has 2 unspecified atom stereocenters. The van der Waals surface area contributed by atoms with Crippen LogP contribution in [0.5, 0.6) is 0 Å². The van der Waals surface area contributed by atoms with E-state index in [1.54, 1.807) is 30.3 Å². The summed E-state index contributed by atoms with van der Waals surface area (Å²) >= 11 is 0. The fourth-order valence-corrected chi connectivity index (χ4v) is 7.50. The molecular formula is C32H39N9O15P2. The van der Waals surface area contributed by atoms with Gasteiger partial charge in [0.05, 0.1) is 19.5 Å². The van der Waals surface area contributed by atoms with E-state index < -0.39 is 95.4 Å². The molecule has 9 atom stereocenters. The number of nitrogens with zero attached hydrogens (tertiary/aromatic N) is 6. The molecule has 4 aromatic rings. The first-order chi connectivity index (χ1) is 27.5. The lowest BCUT2D eigenvalue weighted by Crippen LogP contribution is -2.42. The maximum absolute atomic E-state index is 13.9. The van der Waals surface area contributed by atoms with Crippen LogP contribution in [0, 0.1) is 0 Å². The summed E-state index contributed by atoms with van der Waals surface area (Å²) in [6, 6.07) is 8.01. The molecule has 9 N–H and O–H groups in total. The van der Waals surface area contributed by atoms with Crippen LogP contribution in [0.1, 0.15) is 43.3 Å². The standard InChI is InChI=1S/C32H39N9O15P2/c1-2-3-9-22(42)39-24(17-7-5-4-6-8-17)31(44)55-27-20(54-30(26(27)43)41-16-37-25-28(34)35-15-36-29(25)41)14-52-58(49,50)56-18-12-23(40-11-10-21(33)38-32(40)45)53-19(18)13-51-57(46,47)48/h2,4-8,10-11,15-16,18-20,23-24,26-27,30,43H,1,3,9,12-14H2,(H,39,42)(H,49,50)(H2,33,38,45)(H2,34,35,36)(H2,46,47,48)/t18-,19+,20+,23?,24-,26+,27+,30+/m0/s1. The van der Waals surface area contributed by atoms with Gasteiger partial charge in [0.2, 0.25) is 5.91 Å². The number of hydrogen-bond donors (Lipinski definition) is 7. The van der Waals surface area contributed by atoms with Crippen LogP contribution in [0.4, 0.5) is 11.6 Å². The number of imidazole rings is 1. The maximum Gasteiger partial charge on any atom is 0.472 e. The van der Waals surface area contributed by atoms with Crippen molar-refractivity contribution >= 4 is 50.3 Å². The smallest absolute Gasteiger partial charge is 0.455 e. The highest BCUT2D eigenvalue weighted by molar-refractivity contribution is 7.47. The van der Waals surface area contributed by atoms with E-state index in [4.69, 9.17) is 34.7 Å².